The van der Waals surface area contributed by atoms with Crippen LogP contribution in [0.3, 0.4) is 0 Å². The topological polar surface area (TPSA) is 131 Å². The van der Waals surface area contributed by atoms with Crippen molar-refractivity contribution in [3.8, 4) is 0 Å². The van der Waals surface area contributed by atoms with Gasteiger partial charge in [-0.2, -0.15) is 0 Å². The van der Waals surface area contributed by atoms with Crippen LogP contribution in [0.4, 0.5) is 0 Å². The fraction of sp³-hybridized carbons (Fsp3) is 0.182. The predicted molar refractivity (Wildman–Crippen MR) is 70.1 cm³/mol. The Bertz CT molecular complexity index is 674. The van der Waals surface area contributed by atoms with E-state index in [-0.39, 0.29) is 6.42 Å². The molecule has 1 aromatic heterocycles. The van der Waals surface area contributed by atoms with E-state index in [1.54, 1.807) is 6.20 Å². The van der Waals surface area contributed by atoms with Crippen LogP contribution in [0.2, 0.25) is 1.41 Å². The van der Waals surface area contributed by atoms with Crippen molar-refractivity contribution in [3.05, 3.63) is 36.0 Å². The van der Waals surface area contributed by atoms with Crippen molar-refractivity contribution in [2.45, 2.75) is 12.5 Å². The van der Waals surface area contributed by atoms with Crippen LogP contribution >= 0.6 is 7.75 Å². The molecular formula is C11H14N3O4P. The number of H-pyrrole nitrogens is 1. The van der Waals surface area contributed by atoms with Gasteiger partial charge in [-0.05, 0) is 11.6 Å². The van der Waals surface area contributed by atoms with Gasteiger partial charge in [-0.1, -0.05) is 18.2 Å². The van der Waals surface area contributed by atoms with Gasteiger partial charge in [0.25, 0.3) is 0 Å². The SMILES string of the molecule is [2H]NP(=O)(O)OC(=O)[C@@H](N)Cc1c[nH]c2ccccc12. The van der Waals surface area contributed by atoms with E-state index in [0.29, 0.717) is 0 Å². The van der Waals surface area contributed by atoms with Crippen LogP contribution in [0.25, 0.3) is 10.9 Å². The molecule has 6 N–H and O–H groups in total. The van der Waals surface area contributed by atoms with E-state index in [2.05, 4.69) is 9.51 Å². The number of carbonyl (C=O) groups excluding carboxylic acids is 1. The van der Waals surface area contributed by atoms with Gasteiger partial charge in [0.05, 0.1) is 0 Å². The average Bonchev–Trinajstić information content (AvgIpc) is 2.82. The Morgan fingerprint density at radius 3 is 3.05 bits per heavy atom. The molecule has 0 aliphatic rings. The molecule has 2 aromatic rings. The number of fused-ring (bicyclic) bond motifs is 1. The first-order chi connectivity index (χ1) is 9.43. The number of nitrogens with two attached hydrogens (primary N) is 2. The molecule has 1 aromatic carbocycles. The smallest absolute Gasteiger partial charge is 0.379 e. The zero-order valence-corrected chi connectivity index (χ0v) is 10.8. The first-order valence-electron chi connectivity index (χ1n) is 5.99. The summed E-state index contributed by atoms with van der Waals surface area (Å²) < 4.78 is 21.9. The van der Waals surface area contributed by atoms with Crippen molar-refractivity contribution in [2.24, 2.45) is 11.2 Å². The molecule has 2 rings (SSSR count). The summed E-state index contributed by atoms with van der Waals surface area (Å²) in [5.41, 5.74) is 8.63. The lowest BCUT2D eigenvalue weighted by Gasteiger charge is -2.11. The summed E-state index contributed by atoms with van der Waals surface area (Å²) in [5, 5.41) is 0.918. The van der Waals surface area contributed by atoms with Gasteiger partial charge in [0.2, 0.25) is 0 Å². The van der Waals surface area contributed by atoms with E-state index >= 15 is 0 Å². The molecule has 2 atom stereocenters. The number of aromatic amines is 1. The second-order valence-corrected chi connectivity index (χ2v) is 5.32. The summed E-state index contributed by atoms with van der Waals surface area (Å²) in [6.07, 6.45) is 1.87. The minimum Gasteiger partial charge on any atom is -0.379 e. The van der Waals surface area contributed by atoms with Crippen LogP contribution in [0, 0.1) is 0 Å². The van der Waals surface area contributed by atoms with E-state index in [0.717, 1.165) is 16.5 Å². The maximum atomic E-state index is 11.6. The van der Waals surface area contributed by atoms with Crippen LogP contribution in [0.1, 0.15) is 5.56 Å². The molecule has 0 fully saturated rings. The number of rotatable bonds is 5. The van der Waals surface area contributed by atoms with Gasteiger partial charge in [-0.3, -0.25) is 0 Å². The third kappa shape index (κ3) is 3.42. The highest BCUT2D eigenvalue weighted by molar-refractivity contribution is 7.50. The molecule has 0 saturated heterocycles. The van der Waals surface area contributed by atoms with Gasteiger partial charge < -0.3 is 20.1 Å². The monoisotopic (exact) mass is 284 g/mol. The van der Waals surface area contributed by atoms with Crippen LogP contribution in [-0.4, -0.2) is 21.9 Å². The van der Waals surface area contributed by atoms with E-state index in [9.17, 15) is 9.36 Å². The highest BCUT2D eigenvalue weighted by Crippen LogP contribution is 2.31. The highest BCUT2D eigenvalue weighted by Gasteiger charge is 2.24. The molecular weight excluding hydrogens is 269 g/mol. The van der Waals surface area contributed by atoms with Crippen molar-refractivity contribution in [3.63, 3.8) is 0 Å². The Kier molecular flexibility index (Phi) is 3.35. The molecule has 0 saturated carbocycles. The summed E-state index contributed by atoms with van der Waals surface area (Å²) >= 11 is 0. The van der Waals surface area contributed by atoms with E-state index in [1.165, 1.54) is 5.50 Å². The Labute approximate surface area is 110 Å². The molecule has 0 radical (unpaired) electrons. The van der Waals surface area contributed by atoms with Crippen molar-refractivity contribution in [2.75, 3.05) is 0 Å². The Balaban J connectivity index is 2.10. The molecule has 7 nitrogen and oxygen atoms in total. The number of hydrogen-bond donors (Lipinski definition) is 4. The number of carbonyl (C=O) groups is 1. The maximum Gasteiger partial charge on any atom is 0.455 e. The minimum atomic E-state index is -4.44. The van der Waals surface area contributed by atoms with Gasteiger partial charge in [0.1, 0.15) is 7.45 Å². The molecule has 0 amide bonds. The number of benzene rings is 1. The zero-order valence-electron chi connectivity index (χ0n) is 10.9. The third-order valence-corrected chi connectivity index (χ3v) is 3.06. The Morgan fingerprint density at radius 2 is 2.32 bits per heavy atom. The first kappa shape index (κ1) is 12.4. The molecule has 0 aliphatic heterocycles. The van der Waals surface area contributed by atoms with Crippen LogP contribution in [-0.2, 0) is 20.3 Å². The predicted octanol–water partition coefficient (Wildman–Crippen LogP) is 0.640. The quantitative estimate of drug-likeness (QED) is 0.596. The molecule has 0 spiro atoms. The van der Waals surface area contributed by atoms with Gasteiger partial charge in [-0.25, -0.2) is 14.9 Å². The lowest BCUT2D eigenvalue weighted by atomic mass is 10.1. The minimum absolute atomic E-state index is 0.154. The summed E-state index contributed by atoms with van der Waals surface area (Å²) in [6, 6.07) is 6.40. The van der Waals surface area contributed by atoms with Crippen LogP contribution in [0.15, 0.2) is 30.5 Å². The largest absolute Gasteiger partial charge is 0.455 e. The normalized spacial score (nSPS) is 16.6. The van der Waals surface area contributed by atoms with Gasteiger partial charge in [-0.15, -0.1) is 0 Å². The number of para-hydroxylation sites is 1. The second-order valence-electron chi connectivity index (χ2n) is 4.10. The lowest BCUT2D eigenvalue weighted by molar-refractivity contribution is -0.136. The standard InChI is InChI=1S/C11H14N3O4P/c12-9(11(15)18-19(13,16)17)5-7-6-14-10-4-2-1-3-8(7)10/h1-4,6,9,14H,5,12H2,(H3,13,16,17)/t9-/m0/s1/i/hD. The van der Waals surface area contributed by atoms with Crippen molar-refractivity contribution in [1.82, 2.24) is 4.98 Å². The molecule has 0 aliphatic carbocycles. The number of aromatic nitrogens is 1. The van der Waals surface area contributed by atoms with Crippen LogP contribution in [0.5, 0.6) is 0 Å². The average molecular weight is 284 g/mol. The molecule has 1 heterocycles. The molecule has 102 valence electrons. The zero-order chi connectivity index (χ0) is 14.8. The van der Waals surface area contributed by atoms with Crippen molar-refractivity contribution in [1.29, 1.82) is 0 Å². The Morgan fingerprint density at radius 1 is 1.58 bits per heavy atom. The van der Waals surface area contributed by atoms with E-state index in [1.807, 2.05) is 24.3 Å². The lowest BCUT2D eigenvalue weighted by Crippen LogP contribution is -2.34. The van der Waals surface area contributed by atoms with E-state index in [4.69, 9.17) is 12.0 Å². The second kappa shape index (κ2) is 5.14. The summed E-state index contributed by atoms with van der Waals surface area (Å²) in [7, 11) is -4.44. The third-order valence-electron chi connectivity index (χ3n) is 2.63. The maximum absolute atomic E-state index is 11.6. The summed E-state index contributed by atoms with van der Waals surface area (Å²) in [5.74, 6) is -1.04. The highest BCUT2D eigenvalue weighted by atomic mass is 31.2. The van der Waals surface area contributed by atoms with Gasteiger partial charge in [0, 0.05) is 23.5 Å². The number of nitrogens with one attached hydrogen (secondary N) is 1. The van der Waals surface area contributed by atoms with Gasteiger partial charge >= 0.3 is 13.7 Å². The molecule has 19 heavy (non-hydrogen) atoms. The summed E-state index contributed by atoms with van der Waals surface area (Å²) in [6.45, 7) is 0. The number of hydrogen-bond acceptors (Lipinski definition) is 4. The van der Waals surface area contributed by atoms with Crippen LogP contribution < -0.4 is 11.2 Å². The molecule has 0 bridgehead atoms. The molecule has 8 heteroatoms. The Hall–Kier alpha value is -1.66. The molecule has 1 unspecified atom stereocenters. The first-order valence-corrected chi connectivity index (χ1v) is 7.06. The fourth-order valence-corrected chi connectivity index (χ4v) is 2.19. The van der Waals surface area contributed by atoms with E-state index < -0.39 is 19.8 Å². The van der Waals surface area contributed by atoms with Crippen molar-refractivity contribution < 1.29 is 20.2 Å². The fourth-order valence-electron chi connectivity index (χ4n) is 1.81. The van der Waals surface area contributed by atoms with Crippen molar-refractivity contribution >= 4 is 24.6 Å². The summed E-state index contributed by atoms with van der Waals surface area (Å²) in [4.78, 5) is 23.6. The van der Waals surface area contributed by atoms with Gasteiger partial charge in [0.15, 0.2) is 0 Å².